The molecular formula is C19H23ClFNO4S. The number of halogens is 2. The number of benzene rings is 1. The van der Waals surface area contributed by atoms with Gasteiger partial charge in [0.25, 0.3) is 0 Å². The van der Waals surface area contributed by atoms with Crippen molar-refractivity contribution in [2.24, 2.45) is 11.8 Å². The van der Waals surface area contributed by atoms with Gasteiger partial charge in [0.15, 0.2) is 0 Å². The van der Waals surface area contributed by atoms with Crippen LogP contribution in [0.25, 0.3) is 0 Å². The van der Waals surface area contributed by atoms with Gasteiger partial charge in [0.2, 0.25) is 10.0 Å². The molecule has 5 nitrogen and oxygen atoms in total. The Morgan fingerprint density at radius 2 is 1.96 bits per heavy atom. The number of piperidine rings is 1. The molecule has 148 valence electrons. The molecule has 8 heteroatoms. The van der Waals surface area contributed by atoms with Crippen molar-refractivity contribution in [2.75, 3.05) is 19.7 Å². The smallest absolute Gasteiger partial charge is 0.309 e. The van der Waals surface area contributed by atoms with Gasteiger partial charge >= 0.3 is 5.97 Å². The molecule has 1 atom stereocenters. The van der Waals surface area contributed by atoms with Crippen LogP contribution in [0.4, 0.5) is 4.39 Å². The molecule has 1 aliphatic heterocycles. The zero-order valence-electron chi connectivity index (χ0n) is 14.9. The van der Waals surface area contributed by atoms with Gasteiger partial charge in [0.1, 0.15) is 5.82 Å². The SMILES string of the molecule is O=C(OCC1CC=CCC1)C1CCN(S(=O)(=O)c2ccc(F)c(Cl)c2)CC1. The molecule has 27 heavy (non-hydrogen) atoms. The molecule has 1 aromatic rings. The summed E-state index contributed by atoms with van der Waals surface area (Å²) in [5.41, 5.74) is 0. The van der Waals surface area contributed by atoms with E-state index in [0.717, 1.165) is 31.4 Å². The number of hydrogen-bond acceptors (Lipinski definition) is 4. The fourth-order valence-electron chi connectivity index (χ4n) is 3.44. The van der Waals surface area contributed by atoms with Crippen LogP contribution in [-0.4, -0.2) is 38.4 Å². The molecule has 1 saturated heterocycles. The number of sulfonamides is 1. The van der Waals surface area contributed by atoms with E-state index in [4.69, 9.17) is 16.3 Å². The lowest BCUT2D eigenvalue weighted by molar-refractivity contribution is -0.151. The van der Waals surface area contributed by atoms with Crippen LogP contribution >= 0.6 is 11.6 Å². The lowest BCUT2D eigenvalue weighted by Gasteiger charge is -2.30. The maximum Gasteiger partial charge on any atom is 0.309 e. The number of nitrogens with zero attached hydrogens (tertiary/aromatic N) is 1. The summed E-state index contributed by atoms with van der Waals surface area (Å²) in [5, 5.41) is -0.230. The van der Waals surface area contributed by atoms with Crippen molar-refractivity contribution in [1.29, 1.82) is 0 Å². The topological polar surface area (TPSA) is 63.7 Å². The van der Waals surface area contributed by atoms with Crippen molar-refractivity contribution in [3.63, 3.8) is 0 Å². The maximum atomic E-state index is 13.3. The molecule has 2 aliphatic rings. The van der Waals surface area contributed by atoms with Crippen molar-refractivity contribution in [2.45, 2.75) is 37.0 Å². The monoisotopic (exact) mass is 415 g/mol. The molecular weight excluding hydrogens is 393 g/mol. The average molecular weight is 416 g/mol. The number of ether oxygens (including phenoxy) is 1. The largest absolute Gasteiger partial charge is 0.465 e. The predicted molar refractivity (Wildman–Crippen MR) is 100 cm³/mol. The third kappa shape index (κ3) is 4.89. The summed E-state index contributed by atoms with van der Waals surface area (Å²) in [6.07, 6.45) is 8.07. The second kappa shape index (κ2) is 8.71. The van der Waals surface area contributed by atoms with Crippen LogP contribution in [0.15, 0.2) is 35.2 Å². The lowest BCUT2D eigenvalue weighted by atomic mass is 9.95. The second-order valence-corrected chi connectivity index (χ2v) is 9.38. The van der Waals surface area contributed by atoms with Crippen LogP contribution in [0.2, 0.25) is 5.02 Å². The number of carbonyl (C=O) groups excluding carboxylic acids is 1. The van der Waals surface area contributed by atoms with Gasteiger partial charge < -0.3 is 4.74 Å². The van der Waals surface area contributed by atoms with E-state index < -0.39 is 15.8 Å². The van der Waals surface area contributed by atoms with Crippen LogP contribution in [0.5, 0.6) is 0 Å². The normalized spacial score (nSPS) is 21.9. The highest BCUT2D eigenvalue weighted by molar-refractivity contribution is 7.89. The summed E-state index contributed by atoms with van der Waals surface area (Å²) in [4.78, 5) is 12.2. The first-order valence-electron chi connectivity index (χ1n) is 9.15. The standard InChI is InChI=1S/C19H23ClFNO4S/c20-17-12-16(6-7-18(17)21)27(24,25)22-10-8-15(9-11-22)19(23)26-13-14-4-2-1-3-5-14/h1-2,6-7,12,14-15H,3-5,8-11,13H2. The molecule has 0 spiro atoms. The summed E-state index contributed by atoms with van der Waals surface area (Å²) in [7, 11) is -3.76. The minimum atomic E-state index is -3.76. The van der Waals surface area contributed by atoms with Crippen LogP contribution in [0.1, 0.15) is 32.1 Å². The van der Waals surface area contributed by atoms with Crippen molar-refractivity contribution in [3.05, 3.63) is 41.2 Å². The first-order chi connectivity index (χ1) is 12.9. The fraction of sp³-hybridized carbons (Fsp3) is 0.526. The van der Waals surface area contributed by atoms with E-state index >= 15 is 0 Å². The molecule has 1 aliphatic carbocycles. The summed E-state index contributed by atoms with van der Waals surface area (Å²) in [6.45, 7) is 0.877. The van der Waals surface area contributed by atoms with Crippen LogP contribution in [0.3, 0.4) is 0 Å². The molecule has 3 rings (SSSR count). The molecule has 1 unspecified atom stereocenters. The van der Waals surface area contributed by atoms with E-state index in [0.29, 0.717) is 25.4 Å². The van der Waals surface area contributed by atoms with Gasteiger partial charge in [0.05, 0.1) is 22.4 Å². The van der Waals surface area contributed by atoms with Gasteiger partial charge in [-0.25, -0.2) is 12.8 Å². The van der Waals surface area contributed by atoms with Gasteiger partial charge in [-0.1, -0.05) is 23.8 Å². The third-order valence-electron chi connectivity index (χ3n) is 5.16. The fourth-order valence-corrected chi connectivity index (χ4v) is 5.19. The zero-order chi connectivity index (χ0) is 19.4. The molecule has 0 amide bonds. The number of esters is 1. The molecule has 0 bridgehead atoms. The quantitative estimate of drug-likeness (QED) is 0.542. The highest BCUT2D eigenvalue weighted by Crippen LogP contribution is 2.27. The minimum absolute atomic E-state index is 0.0414. The van der Waals surface area contributed by atoms with E-state index in [2.05, 4.69) is 12.2 Å². The van der Waals surface area contributed by atoms with Crippen LogP contribution < -0.4 is 0 Å². The number of allylic oxidation sites excluding steroid dienone is 2. The van der Waals surface area contributed by atoms with Crippen molar-refractivity contribution in [3.8, 4) is 0 Å². The Bertz CT molecular complexity index is 819. The Kier molecular flexibility index (Phi) is 6.55. The molecule has 1 heterocycles. The number of rotatable bonds is 5. The Labute approximate surface area is 164 Å². The molecule has 0 saturated carbocycles. The average Bonchev–Trinajstić information content (AvgIpc) is 2.69. The molecule has 1 fully saturated rings. The number of carbonyl (C=O) groups is 1. The van der Waals surface area contributed by atoms with Gasteiger partial charge in [-0.3, -0.25) is 4.79 Å². The molecule has 0 aromatic heterocycles. The van der Waals surface area contributed by atoms with Crippen LogP contribution in [-0.2, 0) is 19.6 Å². The Morgan fingerprint density at radius 3 is 2.59 bits per heavy atom. The van der Waals surface area contributed by atoms with E-state index in [1.807, 2.05) is 0 Å². The first kappa shape index (κ1) is 20.3. The van der Waals surface area contributed by atoms with Crippen LogP contribution in [0, 0.1) is 17.7 Å². The van der Waals surface area contributed by atoms with Crippen molar-refractivity contribution in [1.82, 2.24) is 4.31 Å². The number of hydrogen-bond donors (Lipinski definition) is 0. The van der Waals surface area contributed by atoms with Gasteiger partial charge in [-0.2, -0.15) is 4.31 Å². The second-order valence-electron chi connectivity index (χ2n) is 7.03. The molecule has 0 radical (unpaired) electrons. The van der Waals surface area contributed by atoms with Crippen molar-refractivity contribution >= 4 is 27.6 Å². The highest BCUT2D eigenvalue weighted by Gasteiger charge is 2.33. The zero-order valence-corrected chi connectivity index (χ0v) is 16.5. The summed E-state index contributed by atoms with van der Waals surface area (Å²) < 4.78 is 45.4. The molecule has 0 N–H and O–H groups in total. The van der Waals surface area contributed by atoms with E-state index in [1.165, 1.54) is 10.4 Å². The molecule has 1 aromatic carbocycles. The third-order valence-corrected chi connectivity index (χ3v) is 7.34. The van der Waals surface area contributed by atoms with Crippen molar-refractivity contribution < 1.29 is 22.3 Å². The van der Waals surface area contributed by atoms with E-state index in [9.17, 15) is 17.6 Å². The van der Waals surface area contributed by atoms with E-state index in [1.54, 1.807) is 0 Å². The Hall–Kier alpha value is -1.44. The Balaban J connectivity index is 1.53. The summed E-state index contributed by atoms with van der Waals surface area (Å²) in [6, 6.07) is 3.36. The first-order valence-corrected chi connectivity index (χ1v) is 11.0. The van der Waals surface area contributed by atoms with Gasteiger partial charge in [0, 0.05) is 13.1 Å². The van der Waals surface area contributed by atoms with Gasteiger partial charge in [-0.15, -0.1) is 0 Å². The summed E-state index contributed by atoms with van der Waals surface area (Å²) in [5.74, 6) is -0.813. The maximum absolute atomic E-state index is 13.3. The van der Waals surface area contributed by atoms with E-state index in [-0.39, 0.29) is 34.9 Å². The minimum Gasteiger partial charge on any atom is -0.465 e. The summed E-state index contributed by atoms with van der Waals surface area (Å²) >= 11 is 5.70. The lowest BCUT2D eigenvalue weighted by Crippen LogP contribution is -2.40. The highest BCUT2D eigenvalue weighted by atomic mass is 35.5. The predicted octanol–water partition coefficient (Wildman–Crippen LogP) is 3.78. The van der Waals surface area contributed by atoms with Gasteiger partial charge in [-0.05, 0) is 56.2 Å². The Morgan fingerprint density at radius 1 is 1.22 bits per heavy atom.